The predicted octanol–water partition coefficient (Wildman–Crippen LogP) is 1.40. The van der Waals surface area contributed by atoms with Gasteiger partial charge >= 0.3 is 0 Å². The molecule has 0 amide bonds. The fourth-order valence-electron chi connectivity index (χ4n) is 0.916. The Balaban J connectivity index is 2.01. The van der Waals surface area contributed by atoms with Gasteiger partial charge in [-0.25, -0.2) is 0 Å². The molecule has 1 saturated carbocycles. The fourth-order valence-corrected chi connectivity index (χ4v) is 1.13. The number of hydrogen-bond donors (Lipinski definition) is 2. The van der Waals surface area contributed by atoms with Gasteiger partial charge in [0, 0.05) is 11.4 Å². The Morgan fingerprint density at radius 2 is 2.25 bits per heavy atom. The van der Waals surface area contributed by atoms with Crippen molar-refractivity contribution in [1.29, 1.82) is 0 Å². The SMILES string of the molecule is CC(S)NC1CCC1. The van der Waals surface area contributed by atoms with Crippen LogP contribution in [-0.2, 0) is 0 Å². The van der Waals surface area contributed by atoms with Crippen molar-refractivity contribution in [2.24, 2.45) is 0 Å². The minimum absolute atomic E-state index is 0.375. The lowest BCUT2D eigenvalue weighted by atomic mass is 9.93. The minimum Gasteiger partial charge on any atom is -0.303 e. The van der Waals surface area contributed by atoms with E-state index in [2.05, 4.69) is 24.9 Å². The summed E-state index contributed by atoms with van der Waals surface area (Å²) in [6.07, 6.45) is 4.11. The average Bonchev–Trinajstić information content (AvgIpc) is 1.55. The van der Waals surface area contributed by atoms with Crippen LogP contribution >= 0.6 is 12.6 Å². The van der Waals surface area contributed by atoms with Crippen LogP contribution in [0.2, 0.25) is 0 Å². The second kappa shape index (κ2) is 2.74. The van der Waals surface area contributed by atoms with E-state index in [1.807, 2.05) is 0 Å². The molecule has 0 aromatic carbocycles. The first kappa shape index (κ1) is 6.43. The summed E-state index contributed by atoms with van der Waals surface area (Å²) in [5, 5.41) is 3.72. The monoisotopic (exact) mass is 131 g/mol. The Bertz CT molecular complexity index is 68.9. The Hall–Kier alpha value is 0.310. The summed E-state index contributed by atoms with van der Waals surface area (Å²) >= 11 is 4.21. The van der Waals surface area contributed by atoms with Gasteiger partial charge in [0.25, 0.3) is 0 Å². The molecule has 0 saturated heterocycles. The lowest BCUT2D eigenvalue weighted by Gasteiger charge is -2.28. The van der Waals surface area contributed by atoms with Crippen LogP contribution < -0.4 is 5.32 Å². The van der Waals surface area contributed by atoms with Gasteiger partial charge in [-0.3, -0.25) is 0 Å². The molecule has 1 rings (SSSR count). The molecule has 1 fully saturated rings. The average molecular weight is 131 g/mol. The second-order valence-electron chi connectivity index (χ2n) is 2.47. The summed E-state index contributed by atoms with van der Waals surface area (Å²) in [6, 6.07) is 0.780. The molecule has 1 N–H and O–H groups in total. The highest BCUT2D eigenvalue weighted by molar-refractivity contribution is 7.80. The van der Waals surface area contributed by atoms with Crippen LogP contribution in [0.15, 0.2) is 0 Å². The summed E-state index contributed by atoms with van der Waals surface area (Å²) in [4.78, 5) is 0. The van der Waals surface area contributed by atoms with Crippen molar-refractivity contribution >= 4 is 12.6 Å². The van der Waals surface area contributed by atoms with E-state index < -0.39 is 0 Å². The van der Waals surface area contributed by atoms with Gasteiger partial charge in [-0.15, -0.1) is 0 Å². The quantitative estimate of drug-likeness (QED) is 0.426. The Kier molecular flexibility index (Phi) is 2.20. The number of rotatable bonds is 2. The van der Waals surface area contributed by atoms with Gasteiger partial charge in [0.15, 0.2) is 0 Å². The maximum Gasteiger partial charge on any atom is 0.0475 e. The van der Waals surface area contributed by atoms with Gasteiger partial charge in [0.05, 0.1) is 0 Å². The Labute approximate surface area is 56.3 Å². The van der Waals surface area contributed by atoms with Crippen molar-refractivity contribution in [3.63, 3.8) is 0 Å². The van der Waals surface area contributed by atoms with Gasteiger partial charge in [0.2, 0.25) is 0 Å². The van der Waals surface area contributed by atoms with Gasteiger partial charge in [0.1, 0.15) is 0 Å². The zero-order valence-electron chi connectivity index (χ0n) is 5.22. The zero-order chi connectivity index (χ0) is 5.98. The predicted molar refractivity (Wildman–Crippen MR) is 39.2 cm³/mol. The summed E-state index contributed by atoms with van der Waals surface area (Å²) in [5.74, 6) is 0. The third kappa shape index (κ3) is 1.67. The molecule has 0 aliphatic heterocycles. The molecule has 1 nitrogen and oxygen atoms in total. The number of nitrogens with one attached hydrogen (secondary N) is 1. The van der Waals surface area contributed by atoms with Gasteiger partial charge in [-0.1, -0.05) is 6.42 Å². The van der Waals surface area contributed by atoms with Crippen molar-refractivity contribution in [3.05, 3.63) is 0 Å². The Morgan fingerprint density at radius 1 is 1.62 bits per heavy atom. The van der Waals surface area contributed by atoms with Crippen LogP contribution in [-0.4, -0.2) is 11.4 Å². The molecule has 1 unspecified atom stereocenters. The van der Waals surface area contributed by atoms with E-state index in [1.165, 1.54) is 19.3 Å². The van der Waals surface area contributed by atoms with E-state index in [4.69, 9.17) is 0 Å². The minimum atomic E-state index is 0.375. The van der Waals surface area contributed by atoms with E-state index in [-0.39, 0.29) is 0 Å². The molecular weight excluding hydrogens is 118 g/mol. The first-order valence-electron chi connectivity index (χ1n) is 3.23. The molecule has 0 spiro atoms. The maximum atomic E-state index is 4.21. The summed E-state index contributed by atoms with van der Waals surface area (Å²) < 4.78 is 0. The van der Waals surface area contributed by atoms with Crippen LogP contribution in [0.5, 0.6) is 0 Å². The molecule has 0 aromatic rings. The molecule has 1 atom stereocenters. The molecule has 2 heteroatoms. The Morgan fingerprint density at radius 3 is 2.38 bits per heavy atom. The number of thiol groups is 1. The van der Waals surface area contributed by atoms with Crippen LogP contribution in [0, 0.1) is 0 Å². The molecule has 0 aromatic heterocycles. The lowest BCUT2D eigenvalue weighted by Crippen LogP contribution is -2.38. The van der Waals surface area contributed by atoms with Crippen molar-refractivity contribution in [2.75, 3.05) is 0 Å². The van der Waals surface area contributed by atoms with E-state index in [0.717, 1.165) is 6.04 Å². The van der Waals surface area contributed by atoms with Gasteiger partial charge in [-0.2, -0.15) is 12.6 Å². The molecule has 1 aliphatic carbocycles. The molecule has 0 bridgehead atoms. The normalized spacial score (nSPS) is 24.8. The van der Waals surface area contributed by atoms with Crippen molar-refractivity contribution in [1.82, 2.24) is 5.32 Å². The van der Waals surface area contributed by atoms with Crippen LogP contribution in [0.3, 0.4) is 0 Å². The molecule has 0 radical (unpaired) electrons. The van der Waals surface area contributed by atoms with E-state index in [1.54, 1.807) is 0 Å². The third-order valence-electron chi connectivity index (χ3n) is 1.58. The highest BCUT2D eigenvalue weighted by Gasteiger charge is 2.16. The summed E-state index contributed by atoms with van der Waals surface area (Å²) in [7, 11) is 0. The zero-order valence-corrected chi connectivity index (χ0v) is 6.12. The molecule has 48 valence electrons. The van der Waals surface area contributed by atoms with Crippen LogP contribution in [0.25, 0.3) is 0 Å². The first-order valence-corrected chi connectivity index (χ1v) is 3.75. The number of hydrogen-bond acceptors (Lipinski definition) is 2. The van der Waals surface area contributed by atoms with Crippen molar-refractivity contribution in [2.45, 2.75) is 37.6 Å². The standard InChI is InChI=1S/C6H13NS/c1-5(8)7-6-3-2-4-6/h5-8H,2-4H2,1H3. The van der Waals surface area contributed by atoms with Gasteiger partial charge in [-0.05, 0) is 19.8 Å². The lowest BCUT2D eigenvalue weighted by molar-refractivity contribution is 0.339. The second-order valence-corrected chi connectivity index (χ2v) is 3.25. The molecule has 1 aliphatic rings. The van der Waals surface area contributed by atoms with Crippen LogP contribution in [0.1, 0.15) is 26.2 Å². The smallest absolute Gasteiger partial charge is 0.0475 e. The third-order valence-corrected chi connectivity index (χ3v) is 1.73. The molecular formula is C6H13NS. The summed E-state index contributed by atoms with van der Waals surface area (Å²) in [6.45, 7) is 2.07. The highest BCUT2D eigenvalue weighted by atomic mass is 32.1. The van der Waals surface area contributed by atoms with Crippen molar-refractivity contribution < 1.29 is 0 Å². The highest BCUT2D eigenvalue weighted by Crippen LogP contribution is 2.18. The fraction of sp³-hybridized carbons (Fsp3) is 1.00. The molecule has 0 heterocycles. The van der Waals surface area contributed by atoms with E-state index in [0.29, 0.717) is 5.37 Å². The van der Waals surface area contributed by atoms with E-state index >= 15 is 0 Å². The first-order chi connectivity index (χ1) is 3.79. The van der Waals surface area contributed by atoms with E-state index in [9.17, 15) is 0 Å². The largest absolute Gasteiger partial charge is 0.303 e. The van der Waals surface area contributed by atoms with Gasteiger partial charge < -0.3 is 5.32 Å². The summed E-state index contributed by atoms with van der Waals surface area (Å²) in [5.41, 5.74) is 0. The van der Waals surface area contributed by atoms with Crippen molar-refractivity contribution in [3.8, 4) is 0 Å². The van der Waals surface area contributed by atoms with Crippen LogP contribution in [0.4, 0.5) is 0 Å². The molecule has 8 heavy (non-hydrogen) atoms. The topological polar surface area (TPSA) is 12.0 Å². The maximum absolute atomic E-state index is 4.21.